The number of nitrogens with one attached hydrogen (secondary N) is 1. The largest absolute Gasteiger partial charge is 0.466 e. The Morgan fingerprint density at radius 1 is 1.25 bits per heavy atom. The molecule has 0 bridgehead atoms. The van der Waals surface area contributed by atoms with Crippen LogP contribution in [-0.4, -0.2) is 74.5 Å². The summed E-state index contributed by atoms with van der Waals surface area (Å²) in [5, 5.41) is 4.52. The first-order valence-corrected chi connectivity index (χ1v) is 11.4. The lowest BCUT2D eigenvalue weighted by atomic mass is 9.97. The summed E-state index contributed by atoms with van der Waals surface area (Å²) >= 11 is 0. The van der Waals surface area contributed by atoms with E-state index in [1.54, 1.807) is 11.6 Å². The van der Waals surface area contributed by atoms with Crippen LogP contribution in [0.3, 0.4) is 0 Å². The molecule has 28 heavy (non-hydrogen) atoms. The molecule has 0 radical (unpaired) electrons. The SMILES string of the molecule is CCOC(=O)C1CC[NH+](Cn2nc(C)c(S(=O)(=O)N3CCOCC3)c2C)CC1. The van der Waals surface area contributed by atoms with Gasteiger partial charge in [-0.1, -0.05) is 0 Å². The summed E-state index contributed by atoms with van der Waals surface area (Å²) in [6.45, 7) is 9.68. The summed E-state index contributed by atoms with van der Waals surface area (Å²) in [4.78, 5) is 13.5. The fraction of sp³-hybridized carbons (Fsp3) is 0.778. The lowest BCUT2D eigenvalue weighted by molar-refractivity contribution is -0.929. The third-order valence-electron chi connectivity index (χ3n) is 5.57. The van der Waals surface area contributed by atoms with Gasteiger partial charge in [0.1, 0.15) is 4.90 Å². The number of esters is 1. The standard InChI is InChI=1S/C18H30N4O5S/c1-4-27-18(23)16-5-7-20(8-6-16)13-22-15(3)17(14(2)19-22)28(24,25)21-9-11-26-12-10-21/h16H,4-13H2,1-3H3/p+1. The zero-order chi connectivity index (χ0) is 20.3. The van der Waals surface area contributed by atoms with Gasteiger partial charge in [-0.25, -0.2) is 13.1 Å². The Kier molecular flexibility index (Phi) is 6.74. The van der Waals surface area contributed by atoms with Gasteiger partial charge in [-0.2, -0.15) is 9.40 Å². The third-order valence-corrected chi connectivity index (χ3v) is 7.72. The average Bonchev–Trinajstić information content (AvgIpc) is 2.97. The molecule has 2 aliphatic heterocycles. The number of hydrogen-bond donors (Lipinski definition) is 1. The highest BCUT2D eigenvalue weighted by Crippen LogP contribution is 2.24. The first-order chi connectivity index (χ1) is 13.3. The maximum absolute atomic E-state index is 13.1. The molecule has 3 heterocycles. The number of ether oxygens (including phenoxy) is 2. The van der Waals surface area contributed by atoms with E-state index in [0.717, 1.165) is 25.9 Å². The molecule has 3 rings (SSSR count). The second-order valence-corrected chi connectivity index (χ2v) is 9.33. The number of aromatic nitrogens is 2. The number of quaternary nitrogens is 1. The van der Waals surface area contributed by atoms with E-state index in [4.69, 9.17) is 9.47 Å². The van der Waals surface area contributed by atoms with Crippen LogP contribution in [0.25, 0.3) is 0 Å². The van der Waals surface area contributed by atoms with Crippen molar-refractivity contribution in [3.8, 4) is 0 Å². The number of piperidine rings is 1. The van der Waals surface area contributed by atoms with Crippen molar-refractivity contribution in [1.82, 2.24) is 14.1 Å². The quantitative estimate of drug-likeness (QED) is 0.620. The summed E-state index contributed by atoms with van der Waals surface area (Å²) in [5.41, 5.74) is 1.20. The monoisotopic (exact) mass is 415 g/mol. The molecular formula is C18H31N4O5S+. The highest BCUT2D eigenvalue weighted by molar-refractivity contribution is 7.89. The molecular weight excluding hydrogens is 384 g/mol. The number of aryl methyl sites for hydroxylation is 1. The first kappa shape index (κ1) is 21.2. The Hall–Kier alpha value is -1.49. The van der Waals surface area contributed by atoms with Crippen LogP contribution in [-0.2, 0) is 31.0 Å². The second-order valence-electron chi connectivity index (χ2n) is 7.45. The minimum absolute atomic E-state index is 0.0265. The molecule has 9 nitrogen and oxygen atoms in total. The molecule has 158 valence electrons. The topological polar surface area (TPSA) is 95.2 Å². The zero-order valence-electron chi connectivity index (χ0n) is 16.9. The number of nitrogens with zero attached hydrogens (tertiary/aromatic N) is 3. The number of rotatable bonds is 6. The van der Waals surface area contributed by atoms with Crippen LogP contribution >= 0.6 is 0 Å². The predicted octanol–water partition coefficient (Wildman–Crippen LogP) is -0.664. The molecule has 2 aliphatic rings. The molecule has 1 aromatic heterocycles. The fourth-order valence-electron chi connectivity index (χ4n) is 4.02. The molecule has 1 aromatic rings. The lowest BCUT2D eigenvalue weighted by Crippen LogP contribution is -3.12. The van der Waals surface area contributed by atoms with Crippen molar-refractivity contribution < 1.29 is 27.6 Å². The summed E-state index contributed by atoms with van der Waals surface area (Å²) in [6, 6.07) is 0. The number of carbonyl (C=O) groups is 1. The number of sulfonamides is 1. The highest BCUT2D eigenvalue weighted by atomic mass is 32.2. The summed E-state index contributed by atoms with van der Waals surface area (Å²) < 4.78 is 39.8. The van der Waals surface area contributed by atoms with Gasteiger partial charge >= 0.3 is 5.97 Å². The Balaban J connectivity index is 1.68. The molecule has 1 N–H and O–H groups in total. The van der Waals surface area contributed by atoms with E-state index in [9.17, 15) is 13.2 Å². The van der Waals surface area contributed by atoms with Gasteiger partial charge in [0.25, 0.3) is 0 Å². The Labute approximate surface area is 166 Å². The van der Waals surface area contributed by atoms with Crippen molar-refractivity contribution in [2.45, 2.75) is 45.2 Å². The van der Waals surface area contributed by atoms with Crippen molar-refractivity contribution in [3.05, 3.63) is 11.4 Å². The van der Waals surface area contributed by atoms with Crippen LogP contribution in [0, 0.1) is 19.8 Å². The zero-order valence-corrected chi connectivity index (χ0v) is 17.8. The van der Waals surface area contributed by atoms with Crippen LogP contribution in [0.2, 0.25) is 0 Å². The normalized spacial score (nSPS) is 24.2. The van der Waals surface area contributed by atoms with E-state index < -0.39 is 10.0 Å². The molecule has 0 saturated carbocycles. The minimum Gasteiger partial charge on any atom is -0.466 e. The van der Waals surface area contributed by atoms with Crippen molar-refractivity contribution in [2.24, 2.45) is 5.92 Å². The average molecular weight is 416 g/mol. The van der Waals surface area contributed by atoms with E-state index in [0.29, 0.717) is 55.9 Å². The Morgan fingerprint density at radius 3 is 2.50 bits per heavy atom. The smallest absolute Gasteiger partial charge is 0.309 e. The lowest BCUT2D eigenvalue weighted by Gasteiger charge is -2.28. The van der Waals surface area contributed by atoms with Gasteiger partial charge in [0.2, 0.25) is 10.0 Å². The molecule has 0 unspecified atom stereocenters. The predicted molar refractivity (Wildman–Crippen MR) is 101 cm³/mol. The van der Waals surface area contributed by atoms with Crippen molar-refractivity contribution >= 4 is 16.0 Å². The summed E-state index contributed by atoms with van der Waals surface area (Å²) in [7, 11) is -3.57. The Bertz CT molecular complexity index is 793. The fourth-order valence-corrected chi connectivity index (χ4v) is 5.80. The molecule has 0 amide bonds. The minimum atomic E-state index is -3.57. The number of likely N-dealkylation sites (tertiary alicyclic amines) is 1. The molecule has 0 spiro atoms. The van der Waals surface area contributed by atoms with Gasteiger partial charge in [0, 0.05) is 25.9 Å². The van der Waals surface area contributed by atoms with Crippen molar-refractivity contribution in [2.75, 3.05) is 46.0 Å². The molecule has 10 heteroatoms. The van der Waals surface area contributed by atoms with Gasteiger partial charge in [-0.3, -0.25) is 4.79 Å². The van der Waals surface area contributed by atoms with Crippen molar-refractivity contribution in [1.29, 1.82) is 0 Å². The van der Waals surface area contributed by atoms with Crippen LogP contribution in [0.4, 0.5) is 0 Å². The van der Waals surface area contributed by atoms with Gasteiger partial charge in [-0.05, 0) is 20.8 Å². The third kappa shape index (κ3) is 4.40. The molecule has 2 fully saturated rings. The van der Waals surface area contributed by atoms with E-state index in [2.05, 4.69) is 5.10 Å². The maximum atomic E-state index is 13.1. The van der Waals surface area contributed by atoms with Gasteiger partial charge in [0.05, 0.1) is 50.2 Å². The highest BCUT2D eigenvalue weighted by Gasteiger charge is 2.33. The van der Waals surface area contributed by atoms with E-state index in [1.807, 2.05) is 13.8 Å². The summed E-state index contributed by atoms with van der Waals surface area (Å²) in [6.07, 6.45) is 1.57. The maximum Gasteiger partial charge on any atom is 0.309 e. The van der Waals surface area contributed by atoms with Crippen LogP contribution < -0.4 is 4.90 Å². The second kappa shape index (κ2) is 8.89. The number of morpholine rings is 1. The van der Waals surface area contributed by atoms with Gasteiger partial charge in [0.15, 0.2) is 6.67 Å². The van der Waals surface area contributed by atoms with Crippen LogP contribution in [0.5, 0.6) is 0 Å². The molecule has 2 saturated heterocycles. The van der Waals surface area contributed by atoms with Gasteiger partial charge in [-0.15, -0.1) is 0 Å². The molecule has 0 aromatic carbocycles. The van der Waals surface area contributed by atoms with E-state index in [1.165, 1.54) is 9.21 Å². The van der Waals surface area contributed by atoms with Crippen LogP contribution in [0.1, 0.15) is 31.2 Å². The first-order valence-electron chi connectivity index (χ1n) is 9.96. The molecule has 0 atom stereocenters. The van der Waals surface area contributed by atoms with Crippen molar-refractivity contribution in [3.63, 3.8) is 0 Å². The Morgan fingerprint density at radius 2 is 1.89 bits per heavy atom. The summed E-state index contributed by atoms with van der Waals surface area (Å²) in [5.74, 6) is -0.132. The van der Waals surface area contributed by atoms with E-state index in [-0.39, 0.29) is 11.9 Å². The number of hydrogen-bond acceptors (Lipinski definition) is 6. The van der Waals surface area contributed by atoms with Gasteiger partial charge < -0.3 is 14.4 Å². The molecule has 0 aliphatic carbocycles. The van der Waals surface area contributed by atoms with Crippen LogP contribution in [0.15, 0.2) is 4.90 Å². The number of carbonyl (C=O) groups excluding carboxylic acids is 1. The van der Waals surface area contributed by atoms with E-state index >= 15 is 0 Å².